The number of benzene rings is 2. The molecule has 0 aromatic heterocycles. The van der Waals surface area contributed by atoms with E-state index in [-0.39, 0.29) is 5.91 Å². The lowest BCUT2D eigenvalue weighted by molar-refractivity contribution is -0.127. The standard InChI is InChI=1S/C26H36N2O2/c1-20(30-24-12-8-5-9-13-24)26(29)27-19-18-21-14-16-23(17-15-21)25(28(2)3)22-10-6-4-7-11-22/h4-13,20-21,23,25H,14-19H2,1-3H3,(H,27,29). The van der Waals surface area contributed by atoms with E-state index in [0.29, 0.717) is 17.9 Å². The number of carbonyl (C=O) groups excluding carboxylic acids is 1. The zero-order chi connectivity index (χ0) is 21.3. The SMILES string of the molecule is CC(Oc1ccccc1)C(=O)NCCC1CCC(C(c2ccccc2)N(C)C)CC1. The molecular weight excluding hydrogens is 372 g/mol. The first-order valence-electron chi connectivity index (χ1n) is 11.3. The van der Waals surface area contributed by atoms with E-state index in [1.807, 2.05) is 30.3 Å². The minimum absolute atomic E-state index is 0.0377. The lowest BCUT2D eigenvalue weighted by Gasteiger charge is -2.37. The van der Waals surface area contributed by atoms with E-state index in [4.69, 9.17) is 4.74 Å². The zero-order valence-electron chi connectivity index (χ0n) is 18.6. The van der Waals surface area contributed by atoms with Crippen LogP contribution >= 0.6 is 0 Å². The predicted octanol–water partition coefficient (Wildman–Crippen LogP) is 5.07. The van der Waals surface area contributed by atoms with E-state index in [0.717, 1.165) is 18.7 Å². The highest BCUT2D eigenvalue weighted by Crippen LogP contribution is 2.40. The maximum atomic E-state index is 12.3. The maximum Gasteiger partial charge on any atom is 0.260 e. The molecule has 0 saturated heterocycles. The van der Waals surface area contributed by atoms with Crippen LogP contribution in [0.25, 0.3) is 0 Å². The van der Waals surface area contributed by atoms with Gasteiger partial charge in [0.1, 0.15) is 5.75 Å². The Kier molecular flexibility index (Phi) is 8.32. The molecule has 4 nitrogen and oxygen atoms in total. The summed E-state index contributed by atoms with van der Waals surface area (Å²) in [5.74, 6) is 2.09. The molecule has 2 aromatic rings. The van der Waals surface area contributed by atoms with Crippen molar-refractivity contribution in [3.63, 3.8) is 0 Å². The molecule has 1 fully saturated rings. The summed E-state index contributed by atoms with van der Waals surface area (Å²) in [4.78, 5) is 14.7. The summed E-state index contributed by atoms with van der Waals surface area (Å²) in [5.41, 5.74) is 1.42. The van der Waals surface area contributed by atoms with Crippen LogP contribution in [0.4, 0.5) is 0 Å². The number of amides is 1. The molecule has 0 bridgehead atoms. The third-order valence-corrected chi connectivity index (χ3v) is 6.31. The molecule has 1 aliphatic rings. The molecule has 1 saturated carbocycles. The average Bonchev–Trinajstić information content (AvgIpc) is 2.76. The first-order chi connectivity index (χ1) is 14.5. The van der Waals surface area contributed by atoms with E-state index < -0.39 is 6.10 Å². The molecule has 162 valence electrons. The fourth-order valence-corrected chi connectivity index (χ4v) is 4.73. The molecule has 1 aliphatic carbocycles. The van der Waals surface area contributed by atoms with Crippen LogP contribution in [0.5, 0.6) is 5.75 Å². The first kappa shape index (κ1) is 22.4. The van der Waals surface area contributed by atoms with Gasteiger partial charge in [-0.3, -0.25) is 4.79 Å². The van der Waals surface area contributed by atoms with Crippen molar-refractivity contribution >= 4 is 5.91 Å². The monoisotopic (exact) mass is 408 g/mol. The highest BCUT2D eigenvalue weighted by molar-refractivity contribution is 5.80. The van der Waals surface area contributed by atoms with E-state index in [2.05, 4.69) is 54.6 Å². The number of para-hydroxylation sites is 1. The average molecular weight is 409 g/mol. The van der Waals surface area contributed by atoms with Crippen LogP contribution in [0, 0.1) is 11.8 Å². The Morgan fingerprint density at radius 2 is 1.60 bits per heavy atom. The number of rotatable bonds is 9. The number of hydrogen-bond acceptors (Lipinski definition) is 3. The molecule has 3 rings (SSSR count). The molecule has 2 aromatic carbocycles. The van der Waals surface area contributed by atoms with Gasteiger partial charge in [-0.1, -0.05) is 61.4 Å². The molecule has 2 unspecified atom stereocenters. The number of ether oxygens (including phenoxy) is 1. The summed E-state index contributed by atoms with van der Waals surface area (Å²) in [6.07, 6.45) is 5.57. The summed E-state index contributed by atoms with van der Waals surface area (Å²) in [6, 6.07) is 20.9. The van der Waals surface area contributed by atoms with Gasteiger partial charge < -0.3 is 15.0 Å². The molecule has 0 radical (unpaired) electrons. The summed E-state index contributed by atoms with van der Waals surface area (Å²) >= 11 is 0. The van der Waals surface area contributed by atoms with Gasteiger partial charge in [-0.15, -0.1) is 0 Å². The zero-order valence-corrected chi connectivity index (χ0v) is 18.6. The third-order valence-electron chi connectivity index (χ3n) is 6.31. The quantitative estimate of drug-likeness (QED) is 0.630. The van der Waals surface area contributed by atoms with Crippen LogP contribution in [-0.4, -0.2) is 37.6 Å². The number of nitrogens with zero attached hydrogens (tertiary/aromatic N) is 1. The number of hydrogen-bond donors (Lipinski definition) is 1. The fourth-order valence-electron chi connectivity index (χ4n) is 4.73. The number of carbonyl (C=O) groups is 1. The van der Waals surface area contributed by atoms with Crippen molar-refractivity contribution in [1.82, 2.24) is 10.2 Å². The lowest BCUT2D eigenvalue weighted by atomic mass is 9.75. The Balaban J connectivity index is 1.40. The van der Waals surface area contributed by atoms with Gasteiger partial charge in [0, 0.05) is 12.6 Å². The molecule has 0 aliphatic heterocycles. The molecule has 4 heteroatoms. The van der Waals surface area contributed by atoms with Crippen molar-refractivity contribution in [1.29, 1.82) is 0 Å². The second-order valence-corrected chi connectivity index (χ2v) is 8.75. The maximum absolute atomic E-state index is 12.3. The third kappa shape index (κ3) is 6.33. The normalized spacial score (nSPS) is 21.1. The van der Waals surface area contributed by atoms with Crippen molar-refractivity contribution in [3.8, 4) is 5.75 Å². The smallest absolute Gasteiger partial charge is 0.260 e. The van der Waals surface area contributed by atoms with Gasteiger partial charge in [-0.2, -0.15) is 0 Å². The van der Waals surface area contributed by atoms with Crippen molar-refractivity contribution in [3.05, 3.63) is 66.2 Å². The molecule has 1 N–H and O–H groups in total. The van der Waals surface area contributed by atoms with Gasteiger partial charge in [-0.25, -0.2) is 0 Å². The van der Waals surface area contributed by atoms with Gasteiger partial charge in [-0.05, 0) is 69.8 Å². The van der Waals surface area contributed by atoms with Gasteiger partial charge in [0.2, 0.25) is 0 Å². The second kappa shape index (κ2) is 11.2. The molecule has 0 heterocycles. The topological polar surface area (TPSA) is 41.6 Å². The molecule has 0 spiro atoms. The van der Waals surface area contributed by atoms with Crippen LogP contribution in [-0.2, 0) is 4.79 Å². The van der Waals surface area contributed by atoms with E-state index >= 15 is 0 Å². The summed E-state index contributed by atoms with van der Waals surface area (Å²) in [6.45, 7) is 2.53. The first-order valence-corrected chi connectivity index (χ1v) is 11.3. The van der Waals surface area contributed by atoms with E-state index in [1.54, 1.807) is 6.92 Å². The Labute approximate surface area is 181 Å². The van der Waals surface area contributed by atoms with Crippen molar-refractivity contribution < 1.29 is 9.53 Å². The van der Waals surface area contributed by atoms with Crippen molar-refractivity contribution in [2.75, 3.05) is 20.6 Å². The fraction of sp³-hybridized carbons (Fsp3) is 0.500. The van der Waals surface area contributed by atoms with Crippen LogP contribution in [0.15, 0.2) is 60.7 Å². The van der Waals surface area contributed by atoms with Gasteiger partial charge >= 0.3 is 0 Å². The van der Waals surface area contributed by atoms with E-state index in [9.17, 15) is 4.79 Å². The summed E-state index contributed by atoms with van der Waals surface area (Å²) in [5, 5.41) is 3.06. The number of nitrogens with one attached hydrogen (secondary N) is 1. The molecule has 30 heavy (non-hydrogen) atoms. The Morgan fingerprint density at radius 1 is 1.00 bits per heavy atom. The largest absolute Gasteiger partial charge is 0.481 e. The van der Waals surface area contributed by atoms with Gasteiger partial charge in [0.05, 0.1) is 0 Å². The highest BCUT2D eigenvalue weighted by Gasteiger charge is 2.29. The van der Waals surface area contributed by atoms with E-state index in [1.165, 1.54) is 31.2 Å². The Morgan fingerprint density at radius 3 is 2.20 bits per heavy atom. The summed E-state index contributed by atoms with van der Waals surface area (Å²) < 4.78 is 5.71. The van der Waals surface area contributed by atoms with Crippen molar-refractivity contribution in [2.45, 2.75) is 51.2 Å². The molecule has 2 atom stereocenters. The highest BCUT2D eigenvalue weighted by atomic mass is 16.5. The Bertz CT molecular complexity index is 755. The predicted molar refractivity (Wildman–Crippen MR) is 122 cm³/mol. The van der Waals surface area contributed by atoms with Gasteiger partial charge in [0.25, 0.3) is 5.91 Å². The summed E-state index contributed by atoms with van der Waals surface area (Å²) in [7, 11) is 4.38. The van der Waals surface area contributed by atoms with Crippen molar-refractivity contribution in [2.24, 2.45) is 11.8 Å². The van der Waals surface area contributed by atoms with Crippen LogP contribution in [0.3, 0.4) is 0 Å². The Hall–Kier alpha value is -2.33. The minimum atomic E-state index is -0.477. The van der Waals surface area contributed by atoms with Gasteiger partial charge in [0.15, 0.2) is 6.10 Å². The second-order valence-electron chi connectivity index (χ2n) is 8.75. The molecule has 1 amide bonds. The van der Waals surface area contributed by atoms with Crippen LogP contribution < -0.4 is 10.1 Å². The minimum Gasteiger partial charge on any atom is -0.481 e. The van der Waals surface area contributed by atoms with Crippen LogP contribution in [0.1, 0.15) is 50.6 Å². The van der Waals surface area contributed by atoms with Crippen LogP contribution in [0.2, 0.25) is 0 Å². The lowest BCUT2D eigenvalue weighted by Crippen LogP contribution is -2.37. The molecular formula is C26H36N2O2.